The van der Waals surface area contributed by atoms with Crippen molar-refractivity contribution in [1.82, 2.24) is 9.21 Å². The quantitative estimate of drug-likeness (QED) is 0.813. The summed E-state index contributed by atoms with van der Waals surface area (Å²) >= 11 is 0. The summed E-state index contributed by atoms with van der Waals surface area (Å²) in [6.07, 6.45) is 2.02. The average Bonchev–Trinajstić information content (AvgIpc) is 3.09. The molecule has 0 aliphatic carbocycles. The zero-order chi connectivity index (χ0) is 19.1. The zero-order valence-electron chi connectivity index (χ0n) is 15.0. The van der Waals surface area contributed by atoms with Gasteiger partial charge < -0.3 is 10.0 Å². The van der Waals surface area contributed by atoms with Crippen molar-refractivity contribution in [3.63, 3.8) is 0 Å². The van der Waals surface area contributed by atoms with E-state index in [4.69, 9.17) is 0 Å². The molecule has 0 aromatic heterocycles. The number of rotatable bonds is 5. The normalized spacial score (nSPS) is 26.1. The molecule has 0 saturated carbocycles. The van der Waals surface area contributed by atoms with Crippen molar-refractivity contribution in [3.05, 3.63) is 35.4 Å². The third kappa shape index (κ3) is 3.48. The van der Waals surface area contributed by atoms with Crippen molar-refractivity contribution < 1.29 is 23.1 Å². The van der Waals surface area contributed by atoms with Gasteiger partial charge >= 0.3 is 5.97 Å². The van der Waals surface area contributed by atoms with Crippen LogP contribution in [0.1, 0.15) is 17.5 Å². The van der Waals surface area contributed by atoms with E-state index in [0.717, 1.165) is 17.4 Å². The molecule has 142 valence electrons. The highest BCUT2D eigenvalue weighted by Gasteiger charge is 2.59. The van der Waals surface area contributed by atoms with Gasteiger partial charge in [0, 0.05) is 38.5 Å². The van der Waals surface area contributed by atoms with Crippen LogP contribution in [-0.4, -0.2) is 67.0 Å². The van der Waals surface area contributed by atoms with Crippen molar-refractivity contribution in [3.8, 4) is 0 Å². The van der Waals surface area contributed by atoms with Crippen LogP contribution in [0.3, 0.4) is 0 Å². The fraction of sp³-hybridized carbons (Fsp3) is 0.556. The number of amides is 1. The Morgan fingerprint density at radius 2 is 1.85 bits per heavy atom. The molecule has 0 spiro atoms. The largest absolute Gasteiger partial charge is 0.481 e. The molecule has 0 radical (unpaired) electrons. The minimum atomic E-state index is -3.44. The predicted molar refractivity (Wildman–Crippen MR) is 96.1 cm³/mol. The Kier molecular flexibility index (Phi) is 4.83. The number of benzene rings is 1. The highest BCUT2D eigenvalue weighted by molar-refractivity contribution is 7.88. The average molecular weight is 380 g/mol. The summed E-state index contributed by atoms with van der Waals surface area (Å²) in [6, 6.07) is 7.98. The summed E-state index contributed by atoms with van der Waals surface area (Å²) < 4.78 is 24.8. The number of sulfonamides is 1. The van der Waals surface area contributed by atoms with E-state index in [0.29, 0.717) is 19.4 Å². The zero-order valence-corrected chi connectivity index (χ0v) is 15.8. The fourth-order valence-corrected chi connectivity index (χ4v) is 4.84. The lowest BCUT2D eigenvalue weighted by molar-refractivity contribution is -0.149. The molecule has 7 nitrogen and oxygen atoms in total. The Bertz CT molecular complexity index is 820. The standard InChI is InChI=1S/C18H24N2O5S/c1-13-3-5-14(6-4-13)7-8-16(21)19-9-15-10-20(26(2,24)25)12-18(15,11-19)17(22)23/h3-6,15H,7-12H2,1-2H3,(H,22,23)/t15?,18-/m1/s1. The molecule has 2 atom stereocenters. The van der Waals surface area contributed by atoms with Crippen LogP contribution in [0.2, 0.25) is 0 Å². The molecule has 2 saturated heterocycles. The maximum atomic E-state index is 12.6. The number of nitrogens with zero attached hydrogens (tertiary/aromatic N) is 2. The molecule has 1 amide bonds. The van der Waals surface area contributed by atoms with Crippen LogP contribution >= 0.6 is 0 Å². The summed E-state index contributed by atoms with van der Waals surface area (Å²) in [6.45, 7) is 2.47. The third-order valence-electron chi connectivity index (χ3n) is 5.57. The maximum absolute atomic E-state index is 12.6. The summed E-state index contributed by atoms with van der Waals surface area (Å²) in [7, 11) is -3.44. The lowest BCUT2D eigenvalue weighted by atomic mass is 9.81. The summed E-state index contributed by atoms with van der Waals surface area (Å²) in [5.74, 6) is -1.47. The molecule has 3 rings (SSSR count). The van der Waals surface area contributed by atoms with E-state index in [1.807, 2.05) is 31.2 Å². The summed E-state index contributed by atoms with van der Waals surface area (Å²) in [4.78, 5) is 26.0. The number of fused-ring (bicyclic) bond motifs is 1. The summed E-state index contributed by atoms with van der Waals surface area (Å²) in [5.41, 5.74) is 1.04. The van der Waals surface area contributed by atoms with Gasteiger partial charge in [0.25, 0.3) is 0 Å². The van der Waals surface area contributed by atoms with Crippen molar-refractivity contribution in [1.29, 1.82) is 0 Å². The molecule has 0 bridgehead atoms. The third-order valence-corrected chi connectivity index (χ3v) is 6.79. The van der Waals surface area contributed by atoms with Gasteiger partial charge in [-0.1, -0.05) is 29.8 Å². The van der Waals surface area contributed by atoms with E-state index in [9.17, 15) is 23.1 Å². The Morgan fingerprint density at radius 1 is 1.19 bits per heavy atom. The first-order valence-electron chi connectivity index (χ1n) is 8.64. The number of carboxylic acid groups (broad SMARTS) is 1. The lowest BCUT2D eigenvalue weighted by Crippen LogP contribution is -2.42. The van der Waals surface area contributed by atoms with Gasteiger partial charge in [0.05, 0.1) is 6.26 Å². The van der Waals surface area contributed by atoms with Gasteiger partial charge in [0.15, 0.2) is 0 Å². The van der Waals surface area contributed by atoms with Crippen LogP contribution in [-0.2, 0) is 26.0 Å². The molecule has 1 N–H and O–H groups in total. The Balaban J connectivity index is 1.66. The van der Waals surface area contributed by atoms with E-state index < -0.39 is 21.4 Å². The molecular formula is C18H24N2O5S. The Morgan fingerprint density at radius 3 is 2.38 bits per heavy atom. The first-order chi connectivity index (χ1) is 12.1. The number of carbonyl (C=O) groups excluding carboxylic acids is 1. The van der Waals surface area contributed by atoms with Crippen molar-refractivity contribution in [2.45, 2.75) is 19.8 Å². The van der Waals surface area contributed by atoms with Crippen molar-refractivity contribution >= 4 is 21.9 Å². The van der Waals surface area contributed by atoms with Crippen LogP contribution in [0.5, 0.6) is 0 Å². The molecule has 1 aromatic carbocycles. The Hall–Kier alpha value is -1.93. The SMILES string of the molecule is Cc1ccc(CCC(=O)N2CC3CN(S(C)(=O)=O)C[C@]3(C(=O)O)C2)cc1. The molecule has 26 heavy (non-hydrogen) atoms. The topological polar surface area (TPSA) is 95.0 Å². The highest BCUT2D eigenvalue weighted by atomic mass is 32.2. The first-order valence-corrected chi connectivity index (χ1v) is 10.5. The first kappa shape index (κ1) is 18.8. The van der Waals surface area contributed by atoms with Gasteiger partial charge in [0.1, 0.15) is 5.41 Å². The van der Waals surface area contributed by atoms with E-state index >= 15 is 0 Å². The lowest BCUT2D eigenvalue weighted by Gasteiger charge is -2.24. The van der Waals surface area contributed by atoms with E-state index in [-0.39, 0.29) is 31.5 Å². The van der Waals surface area contributed by atoms with Crippen molar-refractivity contribution in [2.75, 3.05) is 32.4 Å². The number of carboxylic acids is 1. The van der Waals surface area contributed by atoms with E-state index in [1.165, 1.54) is 4.31 Å². The number of likely N-dealkylation sites (tertiary alicyclic amines) is 1. The molecule has 1 unspecified atom stereocenters. The minimum absolute atomic E-state index is 0.0619. The van der Waals surface area contributed by atoms with Crippen LogP contribution in [0, 0.1) is 18.3 Å². The fourth-order valence-electron chi connectivity index (χ4n) is 3.93. The molecule has 2 aliphatic rings. The molecule has 2 fully saturated rings. The summed E-state index contributed by atoms with van der Waals surface area (Å²) in [5, 5.41) is 9.73. The van der Waals surface area contributed by atoms with E-state index in [1.54, 1.807) is 4.90 Å². The molecule has 8 heteroatoms. The second kappa shape index (κ2) is 6.66. The smallest absolute Gasteiger partial charge is 0.313 e. The second-order valence-electron chi connectivity index (χ2n) is 7.47. The molecule has 2 heterocycles. The molecule has 2 aliphatic heterocycles. The Labute approximate surface area is 153 Å². The monoisotopic (exact) mass is 380 g/mol. The highest BCUT2D eigenvalue weighted by Crippen LogP contribution is 2.43. The van der Waals surface area contributed by atoms with Crippen molar-refractivity contribution in [2.24, 2.45) is 11.3 Å². The van der Waals surface area contributed by atoms with Gasteiger partial charge in [-0.15, -0.1) is 0 Å². The number of aryl methyl sites for hydroxylation is 2. The number of carbonyl (C=O) groups is 2. The number of hydrogen-bond donors (Lipinski definition) is 1. The number of aliphatic carboxylic acids is 1. The van der Waals surface area contributed by atoms with Crippen LogP contribution in [0.25, 0.3) is 0 Å². The predicted octanol–water partition coefficient (Wildman–Crippen LogP) is 0.732. The maximum Gasteiger partial charge on any atom is 0.313 e. The minimum Gasteiger partial charge on any atom is -0.481 e. The van der Waals surface area contributed by atoms with Gasteiger partial charge in [-0.05, 0) is 18.9 Å². The number of hydrogen-bond acceptors (Lipinski definition) is 4. The van der Waals surface area contributed by atoms with Gasteiger partial charge in [0.2, 0.25) is 15.9 Å². The van der Waals surface area contributed by atoms with E-state index in [2.05, 4.69) is 0 Å². The second-order valence-corrected chi connectivity index (χ2v) is 9.46. The van der Waals surface area contributed by atoms with Crippen LogP contribution in [0.15, 0.2) is 24.3 Å². The van der Waals surface area contributed by atoms with Gasteiger partial charge in [-0.3, -0.25) is 9.59 Å². The van der Waals surface area contributed by atoms with Gasteiger partial charge in [-0.2, -0.15) is 0 Å². The van der Waals surface area contributed by atoms with Crippen LogP contribution < -0.4 is 0 Å². The van der Waals surface area contributed by atoms with Crippen LogP contribution in [0.4, 0.5) is 0 Å². The van der Waals surface area contributed by atoms with Gasteiger partial charge in [-0.25, -0.2) is 12.7 Å². The molecule has 1 aromatic rings. The molecular weight excluding hydrogens is 356 g/mol.